The number of pyridine rings is 1. The first kappa shape index (κ1) is 17.9. The van der Waals surface area contributed by atoms with E-state index in [9.17, 15) is 5.11 Å². The lowest BCUT2D eigenvalue weighted by Crippen LogP contribution is -2.04. The summed E-state index contributed by atoms with van der Waals surface area (Å²) in [6.45, 7) is 4.40. The van der Waals surface area contributed by atoms with Gasteiger partial charge in [-0.05, 0) is 49.1 Å². The third-order valence-corrected chi connectivity index (χ3v) is 5.40. The summed E-state index contributed by atoms with van der Waals surface area (Å²) in [4.78, 5) is 4.77. The van der Waals surface area contributed by atoms with Crippen LogP contribution in [0.25, 0.3) is 16.9 Å². The minimum Gasteiger partial charge on any atom is -0.493 e. The van der Waals surface area contributed by atoms with E-state index in [0.29, 0.717) is 12.4 Å². The Morgan fingerprint density at radius 3 is 2.63 bits per heavy atom. The van der Waals surface area contributed by atoms with Crippen molar-refractivity contribution < 1.29 is 14.6 Å². The normalized spacial score (nSPS) is 16.5. The molecule has 1 aromatic carbocycles. The van der Waals surface area contributed by atoms with Crippen molar-refractivity contribution in [2.24, 2.45) is 0 Å². The van der Waals surface area contributed by atoms with E-state index < -0.39 is 6.10 Å². The maximum atomic E-state index is 10.0. The van der Waals surface area contributed by atoms with Crippen molar-refractivity contribution in [1.29, 1.82) is 0 Å². The van der Waals surface area contributed by atoms with Gasteiger partial charge in [-0.2, -0.15) is 0 Å². The number of hydrogen-bond acceptors (Lipinski definition) is 5. The Morgan fingerprint density at radius 2 is 2.00 bits per heavy atom. The van der Waals surface area contributed by atoms with Crippen LogP contribution in [0.2, 0.25) is 0 Å². The maximum Gasteiger partial charge on any atom is 0.198 e. The first-order valence-electron chi connectivity index (χ1n) is 9.21. The Kier molecular flexibility index (Phi) is 4.40. The van der Waals surface area contributed by atoms with Gasteiger partial charge in [0.15, 0.2) is 17.2 Å². The third kappa shape index (κ3) is 3.09. The van der Waals surface area contributed by atoms with Crippen molar-refractivity contribution in [2.75, 3.05) is 14.2 Å². The summed E-state index contributed by atoms with van der Waals surface area (Å²) >= 11 is 0. The van der Waals surface area contributed by atoms with Gasteiger partial charge in [-0.15, -0.1) is 5.10 Å². The van der Waals surface area contributed by atoms with Crippen molar-refractivity contribution in [3.05, 3.63) is 47.3 Å². The molecule has 4 rings (SSSR count). The van der Waals surface area contributed by atoms with Crippen molar-refractivity contribution in [3.8, 4) is 17.0 Å². The van der Waals surface area contributed by atoms with Gasteiger partial charge in [-0.3, -0.25) is 0 Å². The van der Waals surface area contributed by atoms with Gasteiger partial charge in [0, 0.05) is 18.1 Å². The standard InChI is InChI=1S/C21H25N3O3/c1-13(25)16-6-5-14(11-15(16)12-26-3)17-7-8-18(27-4)19-22-20(23-24(17)19)21(2)9-10-21/h5-8,11,13,25H,9-10,12H2,1-4H3. The Morgan fingerprint density at radius 1 is 1.22 bits per heavy atom. The van der Waals surface area contributed by atoms with Crippen LogP contribution in [0.1, 0.15) is 49.7 Å². The van der Waals surface area contributed by atoms with Crippen LogP contribution in [0.4, 0.5) is 0 Å². The molecule has 1 saturated carbocycles. The van der Waals surface area contributed by atoms with Crippen molar-refractivity contribution in [3.63, 3.8) is 0 Å². The molecule has 6 nitrogen and oxygen atoms in total. The SMILES string of the molecule is COCc1cc(-c2ccc(OC)c3nc(C4(C)CC4)nn23)ccc1C(C)O. The molecule has 3 aromatic rings. The van der Waals surface area contributed by atoms with Crippen LogP contribution in [0.5, 0.6) is 5.75 Å². The first-order chi connectivity index (χ1) is 13.0. The predicted octanol–water partition coefficient (Wildman–Crippen LogP) is 3.66. The fourth-order valence-corrected chi connectivity index (χ4v) is 3.44. The van der Waals surface area contributed by atoms with Crippen molar-refractivity contribution in [2.45, 2.75) is 44.8 Å². The monoisotopic (exact) mass is 367 g/mol. The number of ether oxygens (including phenoxy) is 2. The molecule has 0 spiro atoms. The fourth-order valence-electron chi connectivity index (χ4n) is 3.44. The molecule has 2 heterocycles. The van der Waals surface area contributed by atoms with Crippen molar-refractivity contribution in [1.82, 2.24) is 14.6 Å². The number of fused-ring (bicyclic) bond motifs is 1. The molecule has 0 amide bonds. The third-order valence-electron chi connectivity index (χ3n) is 5.40. The molecule has 0 bridgehead atoms. The van der Waals surface area contributed by atoms with E-state index >= 15 is 0 Å². The maximum absolute atomic E-state index is 10.0. The van der Waals surface area contributed by atoms with Crippen LogP contribution in [-0.2, 0) is 16.8 Å². The van der Waals surface area contributed by atoms with Crippen LogP contribution in [0.3, 0.4) is 0 Å². The number of aromatic nitrogens is 3. The Labute approximate surface area is 158 Å². The van der Waals surface area contributed by atoms with Gasteiger partial charge in [0.25, 0.3) is 0 Å². The smallest absolute Gasteiger partial charge is 0.198 e. The molecule has 6 heteroatoms. The van der Waals surface area contributed by atoms with Gasteiger partial charge in [-0.25, -0.2) is 9.50 Å². The predicted molar refractivity (Wildman–Crippen MR) is 103 cm³/mol. The lowest BCUT2D eigenvalue weighted by Gasteiger charge is -2.14. The lowest BCUT2D eigenvalue weighted by molar-refractivity contribution is 0.171. The molecule has 142 valence electrons. The average Bonchev–Trinajstić information content (AvgIpc) is 3.24. The lowest BCUT2D eigenvalue weighted by atomic mass is 9.99. The van der Waals surface area contributed by atoms with E-state index in [1.54, 1.807) is 21.1 Å². The highest BCUT2D eigenvalue weighted by Gasteiger charge is 2.43. The van der Waals surface area contributed by atoms with Crippen LogP contribution < -0.4 is 4.74 Å². The van der Waals surface area contributed by atoms with Crippen LogP contribution in [-0.4, -0.2) is 33.9 Å². The molecule has 1 aliphatic carbocycles. The number of hydrogen-bond donors (Lipinski definition) is 1. The van der Waals surface area contributed by atoms with E-state index in [2.05, 4.69) is 6.92 Å². The molecule has 0 aliphatic heterocycles. The Hall–Kier alpha value is -2.44. The van der Waals surface area contributed by atoms with E-state index in [1.165, 1.54) is 0 Å². The molecule has 1 unspecified atom stereocenters. The second-order valence-electron chi connectivity index (χ2n) is 7.54. The zero-order valence-corrected chi connectivity index (χ0v) is 16.2. The van der Waals surface area contributed by atoms with E-state index in [0.717, 1.165) is 46.7 Å². The first-order valence-corrected chi connectivity index (χ1v) is 9.21. The van der Waals surface area contributed by atoms with Gasteiger partial charge < -0.3 is 14.6 Å². The van der Waals surface area contributed by atoms with E-state index in [1.807, 2.05) is 34.8 Å². The number of aliphatic hydroxyl groups is 1. The Bertz CT molecular complexity index is 990. The topological polar surface area (TPSA) is 68.9 Å². The minimum atomic E-state index is -0.548. The molecule has 1 N–H and O–H groups in total. The van der Waals surface area contributed by atoms with Gasteiger partial charge >= 0.3 is 0 Å². The summed E-state index contributed by atoms with van der Waals surface area (Å²) in [6.07, 6.45) is 1.68. The number of rotatable bonds is 6. The zero-order valence-electron chi connectivity index (χ0n) is 16.2. The molecule has 1 aliphatic rings. The summed E-state index contributed by atoms with van der Waals surface area (Å²) in [5.74, 6) is 1.57. The van der Waals surface area contributed by atoms with Crippen molar-refractivity contribution >= 4 is 5.65 Å². The average molecular weight is 367 g/mol. The summed E-state index contributed by atoms with van der Waals surface area (Å²) in [6, 6.07) is 9.92. The minimum absolute atomic E-state index is 0.0751. The van der Waals surface area contributed by atoms with E-state index in [4.69, 9.17) is 19.6 Å². The number of aliphatic hydroxyl groups excluding tert-OH is 1. The number of nitrogens with zero attached hydrogens (tertiary/aromatic N) is 3. The van der Waals surface area contributed by atoms with Gasteiger partial charge in [0.05, 0.1) is 25.5 Å². The quantitative estimate of drug-likeness (QED) is 0.720. The largest absolute Gasteiger partial charge is 0.493 e. The second-order valence-corrected chi connectivity index (χ2v) is 7.54. The second kappa shape index (κ2) is 6.62. The van der Waals surface area contributed by atoms with Crippen LogP contribution in [0, 0.1) is 0 Å². The molecular weight excluding hydrogens is 342 g/mol. The van der Waals surface area contributed by atoms with E-state index in [-0.39, 0.29) is 5.41 Å². The zero-order chi connectivity index (χ0) is 19.2. The molecule has 0 radical (unpaired) electrons. The molecule has 1 atom stereocenters. The van der Waals surface area contributed by atoms with Crippen LogP contribution in [0.15, 0.2) is 30.3 Å². The molecule has 2 aromatic heterocycles. The fraction of sp³-hybridized carbons (Fsp3) is 0.429. The van der Waals surface area contributed by atoms with Gasteiger partial charge in [0.2, 0.25) is 0 Å². The summed E-state index contributed by atoms with van der Waals surface area (Å²) in [5, 5.41) is 14.8. The summed E-state index contributed by atoms with van der Waals surface area (Å²) in [7, 11) is 3.31. The highest BCUT2D eigenvalue weighted by Crippen LogP contribution is 2.46. The molecule has 27 heavy (non-hydrogen) atoms. The molecule has 0 saturated heterocycles. The molecular formula is C21H25N3O3. The van der Waals surface area contributed by atoms with Gasteiger partial charge in [-0.1, -0.05) is 19.1 Å². The summed E-state index contributed by atoms with van der Waals surface area (Å²) in [5.41, 5.74) is 4.57. The molecule has 1 fully saturated rings. The Balaban J connectivity index is 1.88. The van der Waals surface area contributed by atoms with Crippen LogP contribution >= 0.6 is 0 Å². The van der Waals surface area contributed by atoms with Gasteiger partial charge in [0.1, 0.15) is 0 Å². The number of benzene rings is 1. The summed E-state index contributed by atoms with van der Waals surface area (Å²) < 4.78 is 12.7. The number of methoxy groups -OCH3 is 2. The highest BCUT2D eigenvalue weighted by molar-refractivity contribution is 5.68. The highest BCUT2D eigenvalue weighted by atomic mass is 16.5.